The minimum atomic E-state index is -5.44. The average Bonchev–Trinajstić information content (AvgIpc) is 4.10. The Morgan fingerprint density at radius 1 is 0.805 bits per heavy atom. The molecule has 4 aromatic rings. The number of unbranched alkanes of at least 4 members (excludes halogenated alkanes) is 5. The van der Waals surface area contributed by atoms with E-state index in [0.29, 0.717) is 57.2 Å². The number of esters is 1. The van der Waals surface area contributed by atoms with Crippen LogP contribution < -0.4 is 10.6 Å². The van der Waals surface area contributed by atoms with Gasteiger partial charge in [0.15, 0.2) is 29.3 Å². The van der Waals surface area contributed by atoms with Gasteiger partial charge in [-0.3, -0.25) is 32.1 Å². The smallest absolute Gasteiger partial charge is 0.466 e. The van der Waals surface area contributed by atoms with Gasteiger partial charge in [-0.1, -0.05) is 38.5 Å². The molecule has 3 aliphatic heterocycles. The number of carbonyl (C=O) groups is 1. The predicted molar refractivity (Wildman–Crippen MR) is 299 cm³/mol. The quantitative estimate of drug-likeness (QED) is 0.00745. The first-order chi connectivity index (χ1) is 38.3. The fourth-order valence-electron chi connectivity index (χ4n) is 10.1. The maximum absolute atomic E-state index is 12.7. The summed E-state index contributed by atoms with van der Waals surface area (Å²) < 4.78 is 134. The van der Waals surface area contributed by atoms with Crippen LogP contribution in [0.4, 0.5) is 17.2 Å². The molecule has 2 aromatic carbocycles. The van der Waals surface area contributed by atoms with E-state index in [2.05, 4.69) is 28.7 Å². The number of nitrogen functional groups attached to an aromatic ring is 1. The average molecular weight is 1250 g/mol. The van der Waals surface area contributed by atoms with Crippen LogP contribution in [0.2, 0.25) is 0 Å². The van der Waals surface area contributed by atoms with Crippen LogP contribution in [-0.2, 0) is 72.4 Å². The summed E-state index contributed by atoms with van der Waals surface area (Å²) in [5.74, 6) is -1.92. The molecule has 27 nitrogen and oxygen atoms in total. The highest BCUT2D eigenvalue weighted by Gasteiger charge is 2.48. The number of ether oxygens (including phenoxy) is 2. The molecular formula is C50H69N7O20P3S2+. The lowest BCUT2D eigenvalue weighted by Crippen LogP contribution is -2.33. The number of hydrogen-bond acceptors (Lipinski definition) is 20. The van der Waals surface area contributed by atoms with E-state index in [1.54, 1.807) is 12.1 Å². The molecule has 1 saturated heterocycles. The Morgan fingerprint density at radius 2 is 1.46 bits per heavy atom. The van der Waals surface area contributed by atoms with Crippen LogP contribution in [0.1, 0.15) is 103 Å². The van der Waals surface area contributed by atoms with Gasteiger partial charge in [0.1, 0.15) is 36.7 Å². The van der Waals surface area contributed by atoms with E-state index in [1.807, 2.05) is 65.0 Å². The standard InChI is InChI=1S/C50H68N7O20P3S2/c1-6-55-37-22-20-33(81(67,68)69)27-35(37)49(2,3)40(55)17-11-9-12-18-41-50(4,5)36-28-34(82(70,71)72)21-23-38(36)56(41)24-14-10-13-19-42(58)73-25-15-7-8-16-26-74-78(61,62)32-79(63,64)77-80(65,66)75-29-39-44(59)45(60)48(76-39)57-31-54-43-46(51)52-30-53-47(43)57/h9,11-12,17-18,20-23,27-28,30-31,39,44-45,48,59-60H,6-8,10,13-16,19,24-26,29,32H2,1-5H3,(H6-,51,52,53,61,62,63,64,65,66,67,68,69,70,71,72)/p+1/t39-,44-,45-,48-/m1/s1. The lowest BCUT2D eigenvalue weighted by atomic mass is 9.81. The normalized spacial score (nSPS) is 22.5. The molecule has 0 radical (unpaired) electrons. The third-order valence-electron chi connectivity index (χ3n) is 14.2. The molecule has 82 heavy (non-hydrogen) atoms. The minimum Gasteiger partial charge on any atom is -0.466 e. The van der Waals surface area contributed by atoms with Crippen LogP contribution in [-0.4, -0.2) is 144 Å². The van der Waals surface area contributed by atoms with E-state index >= 15 is 0 Å². The molecule has 7 atom stereocenters. The fraction of sp³-hybridized carbons (Fsp3) is 0.500. The molecule has 32 heteroatoms. The van der Waals surface area contributed by atoms with Crippen molar-refractivity contribution in [1.29, 1.82) is 0 Å². The van der Waals surface area contributed by atoms with Crippen molar-refractivity contribution in [3.8, 4) is 0 Å². The number of nitrogens with zero attached hydrogens (tertiary/aromatic N) is 6. The number of phosphoric acid groups is 1. The Bertz CT molecular complexity index is 3550. The van der Waals surface area contributed by atoms with Crippen LogP contribution in [0.25, 0.3) is 11.2 Å². The summed E-state index contributed by atoms with van der Waals surface area (Å²) in [5.41, 5.74) is 9.71. The molecule has 450 valence electrons. The summed E-state index contributed by atoms with van der Waals surface area (Å²) in [7, 11) is -24.5. The summed E-state index contributed by atoms with van der Waals surface area (Å²) in [6.45, 7) is 9.86. The number of fused-ring (bicyclic) bond motifs is 3. The second-order valence-electron chi connectivity index (χ2n) is 20.8. The molecule has 2 aromatic heterocycles. The summed E-state index contributed by atoms with van der Waals surface area (Å²) in [5, 5.41) is 21.1. The molecule has 0 spiro atoms. The second-order valence-corrected chi connectivity index (χ2v) is 29.4. The molecule has 5 heterocycles. The van der Waals surface area contributed by atoms with E-state index < -0.39 is 97.1 Å². The zero-order valence-corrected chi connectivity index (χ0v) is 49.9. The molecule has 0 amide bonds. The van der Waals surface area contributed by atoms with Crippen LogP contribution >= 0.6 is 23.0 Å². The van der Waals surface area contributed by atoms with Crippen molar-refractivity contribution >= 4 is 83.3 Å². The van der Waals surface area contributed by atoms with Gasteiger partial charge in [-0.25, -0.2) is 23.8 Å². The monoisotopic (exact) mass is 1240 g/mol. The van der Waals surface area contributed by atoms with Crippen molar-refractivity contribution < 1.29 is 96.7 Å². The highest BCUT2D eigenvalue weighted by Crippen LogP contribution is 2.66. The summed E-state index contributed by atoms with van der Waals surface area (Å²) in [6.07, 6.45) is 9.43. The van der Waals surface area contributed by atoms with E-state index in [1.165, 1.54) is 35.2 Å². The Labute approximate surface area is 474 Å². The third kappa shape index (κ3) is 15.3. The first kappa shape index (κ1) is 64.7. The summed E-state index contributed by atoms with van der Waals surface area (Å²) in [4.78, 5) is 56.8. The van der Waals surface area contributed by atoms with E-state index in [0.717, 1.165) is 34.7 Å². The Hall–Kier alpha value is -4.90. The molecule has 3 unspecified atom stereocenters. The van der Waals surface area contributed by atoms with Gasteiger partial charge in [0, 0.05) is 53.9 Å². The number of likely N-dealkylation sites (N-methyl/N-ethyl adjacent to an activating group) is 1. The summed E-state index contributed by atoms with van der Waals surface area (Å²) in [6, 6.07) is 9.07. The molecule has 3 aliphatic rings. The van der Waals surface area contributed by atoms with E-state index in [-0.39, 0.29) is 52.8 Å². The van der Waals surface area contributed by atoms with Gasteiger partial charge in [0.05, 0.1) is 41.4 Å². The van der Waals surface area contributed by atoms with E-state index in [9.17, 15) is 69.3 Å². The predicted octanol–water partition coefficient (Wildman–Crippen LogP) is 6.55. The van der Waals surface area contributed by atoms with Crippen molar-refractivity contribution in [2.24, 2.45) is 0 Å². The SMILES string of the molecule is CCN1C(=CC=CC=CC2=[N+](CCCCCC(=O)OCCCCCCOP(=O)(O)CP(=O)(O)OP(=O)(O)OC[C@H]3O[C@@H](n4cnc5c(N)ncnc54)[C@H](O)[C@@H]3O)c3ccc(S(=O)(=O)O)cc3C2(C)C)C(C)(C)c2cc(S(=O)(=O)O)ccc21. The van der Waals surface area contributed by atoms with Crippen LogP contribution in [0.3, 0.4) is 0 Å². The minimum absolute atomic E-state index is 0.0328. The van der Waals surface area contributed by atoms with Crippen molar-refractivity contribution in [1.82, 2.24) is 19.5 Å². The first-order valence-electron chi connectivity index (χ1n) is 26.1. The van der Waals surface area contributed by atoms with Gasteiger partial charge < -0.3 is 49.5 Å². The largest absolute Gasteiger partial charge is 0.479 e. The molecule has 0 bridgehead atoms. The summed E-state index contributed by atoms with van der Waals surface area (Å²) >= 11 is 0. The zero-order chi connectivity index (χ0) is 60.2. The third-order valence-corrected chi connectivity index (χ3v) is 21.7. The second kappa shape index (κ2) is 25.8. The Morgan fingerprint density at radius 3 is 2.15 bits per heavy atom. The maximum atomic E-state index is 12.7. The Balaban J connectivity index is 0.815. The number of aliphatic hydroxyl groups excluding tert-OH is 2. The maximum Gasteiger partial charge on any atom is 0.479 e. The van der Waals surface area contributed by atoms with Crippen molar-refractivity contribution in [3.05, 3.63) is 96.3 Å². The molecule has 0 aliphatic carbocycles. The van der Waals surface area contributed by atoms with Crippen LogP contribution in [0.5, 0.6) is 0 Å². The fourth-order valence-corrected chi connectivity index (χ4v) is 16.2. The molecular weight excluding hydrogens is 1180 g/mol. The molecule has 7 rings (SSSR count). The van der Waals surface area contributed by atoms with Crippen molar-refractivity contribution in [2.45, 2.75) is 131 Å². The number of benzene rings is 2. The van der Waals surface area contributed by atoms with Gasteiger partial charge in [-0.05, 0) is 94.8 Å². The topological polar surface area (TPSA) is 400 Å². The van der Waals surface area contributed by atoms with Gasteiger partial charge in [-0.2, -0.15) is 21.4 Å². The molecule has 9 N–H and O–H groups in total. The van der Waals surface area contributed by atoms with Crippen molar-refractivity contribution in [2.75, 3.05) is 49.4 Å². The number of anilines is 2. The number of aliphatic hydroxyl groups is 2. The van der Waals surface area contributed by atoms with Gasteiger partial charge in [0.25, 0.3) is 20.2 Å². The lowest BCUT2D eigenvalue weighted by Gasteiger charge is -2.25. The van der Waals surface area contributed by atoms with E-state index in [4.69, 9.17) is 24.3 Å². The number of nitrogens with two attached hydrogens (primary N) is 1. The van der Waals surface area contributed by atoms with Crippen LogP contribution in [0, 0.1) is 0 Å². The number of phosphoric ester groups is 1. The lowest BCUT2D eigenvalue weighted by molar-refractivity contribution is -0.438. The Kier molecular flexibility index (Phi) is 20.3. The number of carbonyl (C=O) groups excluding carboxylic acids is 1. The number of allylic oxidation sites excluding steroid dienone is 6. The highest BCUT2D eigenvalue weighted by atomic mass is 32.2. The number of imidazole rings is 1. The number of hydrogen-bond donors (Lipinski definition) is 8. The first-order valence-corrected chi connectivity index (χ1v) is 34.0. The zero-order valence-electron chi connectivity index (χ0n) is 45.6. The van der Waals surface area contributed by atoms with Crippen molar-refractivity contribution in [3.63, 3.8) is 0 Å². The number of rotatable bonds is 28. The highest BCUT2D eigenvalue weighted by molar-refractivity contribution is 7.86. The van der Waals surface area contributed by atoms with Gasteiger partial charge >= 0.3 is 29.0 Å². The molecule has 0 saturated carbocycles. The number of aromatic nitrogens is 4. The molecule has 1 fully saturated rings. The van der Waals surface area contributed by atoms with Gasteiger partial charge in [-0.15, -0.1) is 0 Å². The van der Waals surface area contributed by atoms with Crippen LogP contribution in [0.15, 0.2) is 94.9 Å². The van der Waals surface area contributed by atoms with Gasteiger partial charge in [0.2, 0.25) is 5.69 Å².